The fourth-order valence-corrected chi connectivity index (χ4v) is 2.95. The minimum atomic E-state index is -0.0367. The Morgan fingerprint density at radius 2 is 1.45 bits per heavy atom. The summed E-state index contributed by atoms with van der Waals surface area (Å²) < 4.78 is 10.3. The van der Waals surface area contributed by atoms with Crippen molar-refractivity contribution < 1.29 is 19.1 Å². The Labute approximate surface area is 170 Å². The Bertz CT molecular complexity index is 869. The maximum Gasteiger partial charge on any atom is 0.243 e. The Hall–Kier alpha value is -3.15. The molecule has 0 aromatic heterocycles. The Kier molecular flexibility index (Phi) is 7.00. The summed E-state index contributed by atoms with van der Waals surface area (Å²) in [7, 11) is 3.21. The van der Waals surface area contributed by atoms with Crippen LogP contribution >= 0.6 is 0 Å². The summed E-state index contributed by atoms with van der Waals surface area (Å²) in [5.74, 6) is 1.60. The summed E-state index contributed by atoms with van der Waals surface area (Å²) in [6.07, 6.45) is 3.47. The molecule has 0 atom stereocenters. The van der Waals surface area contributed by atoms with Gasteiger partial charge < -0.3 is 9.47 Å². The van der Waals surface area contributed by atoms with Gasteiger partial charge in [-0.15, -0.1) is 0 Å². The number of Topliss-reactive ketones (excluding diaryl/α,β-unsaturated/α-hetero) is 1. The number of rotatable bonds is 10. The van der Waals surface area contributed by atoms with Crippen molar-refractivity contribution in [2.45, 2.75) is 32.1 Å². The average Bonchev–Trinajstić information content (AvgIpc) is 3.61. The van der Waals surface area contributed by atoms with Crippen LogP contribution in [0, 0.1) is 5.92 Å². The molecule has 3 rings (SSSR count). The zero-order valence-corrected chi connectivity index (χ0v) is 16.8. The van der Waals surface area contributed by atoms with Crippen LogP contribution in [0.15, 0.2) is 53.6 Å². The minimum Gasteiger partial charge on any atom is -0.497 e. The number of hydrogen-bond donors (Lipinski definition) is 1. The molecule has 0 heterocycles. The number of hydrogen-bond acceptors (Lipinski definition) is 5. The van der Waals surface area contributed by atoms with Crippen molar-refractivity contribution in [2.24, 2.45) is 11.0 Å². The molecule has 0 spiro atoms. The summed E-state index contributed by atoms with van der Waals surface area (Å²) >= 11 is 0. The first-order chi connectivity index (χ1) is 14.1. The molecule has 1 aliphatic carbocycles. The molecule has 2 aromatic rings. The van der Waals surface area contributed by atoms with Crippen LogP contribution in [0.1, 0.15) is 48.0 Å². The first-order valence-electron chi connectivity index (χ1n) is 9.79. The predicted octanol–water partition coefficient (Wildman–Crippen LogP) is 3.99. The van der Waals surface area contributed by atoms with Crippen molar-refractivity contribution in [3.63, 3.8) is 0 Å². The number of nitrogens with one attached hydrogen (secondary N) is 1. The van der Waals surface area contributed by atoms with E-state index in [1.807, 2.05) is 24.3 Å². The highest BCUT2D eigenvalue weighted by Crippen LogP contribution is 2.28. The molecule has 2 aromatic carbocycles. The van der Waals surface area contributed by atoms with Gasteiger partial charge >= 0.3 is 0 Å². The second kappa shape index (κ2) is 9.87. The highest BCUT2D eigenvalue weighted by Gasteiger charge is 2.29. The summed E-state index contributed by atoms with van der Waals surface area (Å²) in [6.45, 7) is 0. The van der Waals surface area contributed by atoms with Gasteiger partial charge in [0.05, 0.1) is 19.9 Å². The van der Waals surface area contributed by atoms with Crippen LogP contribution in [0.4, 0.5) is 0 Å². The number of nitrogens with zero attached hydrogens (tertiary/aromatic N) is 1. The molecule has 1 saturated carbocycles. The molecule has 1 amide bonds. The second-order valence-corrected chi connectivity index (χ2v) is 7.04. The third kappa shape index (κ3) is 5.91. The SMILES string of the molecule is COc1ccc(C(=O)CCC/C(=N\NC(=O)C2CC2)c2ccc(OC)cc2)cc1. The molecule has 1 aliphatic rings. The van der Waals surface area contributed by atoms with E-state index in [1.54, 1.807) is 38.5 Å². The largest absolute Gasteiger partial charge is 0.497 e. The van der Waals surface area contributed by atoms with E-state index >= 15 is 0 Å². The molecule has 6 heteroatoms. The van der Waals surface area contributed by atoms with Gasteiger partial charge in [0.1, 0.15) is 11.5 Å². The highest BCUT2D eigenvalue weighted by atomic mass is 16.5. The lowest BCUT2D eigenvalue weighted by molar-refractivity contribution is -0.122. The van der Waals surface area contributed by atoms with E-state index in [9.17, 15) is 9.59 Å². The quantitative estimate of drug-likeness (QED) is 0.376. The lowest BCUT2D eigenvalue weighted by Gasteiger charge is -2.09. The minimum absolute atomic E-state index is 0.0367. The Morgan fingerprint density at radius 1 is 0.897 bits per heavy atom. The number of hydrazone groups is 1. The molecule has 29 heavy (non-hydrogen) atoms. The van der Waals surface area contributed by atoms with Gasteiger partial charge in [-0.25, -0.2) is 5.43 Å². The third-order valence-corrected chi connectivity index (χ3v) is 4.90. The van der Waals surface area contributed by atoms with Gasteiger partial charge in [0.15, 0.2) is 5.78 Å². The molecular weight excluding hydrogens is 368 g/mol. The predicted molar refractivity (Wildman–Crippen MR) is 112 cm³/mol. The van der Waals surface area contributed by atoms with Gasteiger partial charge in [0, 0.05) is 17.9 Å². The molecule has 6 nitrogen and oxygen atoms in total. The van der Waals surface area contributed by atoms with Crippen LogP contribution in [0.25, 0.3) is 0 Å². The van der Waals surface area contributed by atoms with E-state index in [0.29, 0.717) is 24.8 Å². The second-order valence-electron chi connectivity index (χ2n) is 7.04. The zero-order chi connectivity index (χ0) is 20.6. The summed E-state index contributed by atoms with van der Waals surface area (Å²) in [5.41, 5.74) is 4.99. The monoisotopic (exact) mass is 394 g/mol. The number of ketones is 1. The normalized spacial score (nSPS) is 13.7. The van der Waals surface area contributed by atoms with Crippen LogP contribution in [-0.2, 0) is 4.79 Å². The van der Waals surface area contributed by atoms with Crippen LogP contribution < -0.4 is 14.9 Å². The number of carbonyl (C=O) groups excluding carboxylic acids is 2. The van der Waals surface area contributed by atoms with Crippen molar-refractivity contribution in [3.05, 3.63) is 59.7 Å². The number of ether oxygens (including phenoxy) is 2. The highest BCUT2D eigenvalue weighted by molar-refractivity contribution is 6.02. The lowest BCUT2D eigenvalue weighted by Crippen LogP contribution is -2.21. The first kappa shape index (κ1) is 20.6. The molecule has 1 fully saturated rings. The zero-order valence-electron chi connectivity index (χ0n) is 16.8. The number of carbonyl (C=O) groups is 2. The maximum atomic E-state index is 12.4. The molecule has 1 N–H and O–H groups in total. The summed E-state index contributed by atoms with van der Waals surface area (Å²) in [4.78, 5) is 24.4. The van der Waals surface area contributed by atoms with E-state index < -0.39 is 0 Å². The van der Waals surface area contributed by atoms with Crippen LogP contribution in [0.2, 0.25) is 0 Å². The van der Waals surface area contributed by atoms with Gasteiger partial charge in [-0.1, -0.05) is 0 Å². The van der Waals surface area contributed by atoms with Gasteiger partial charge in [0.25, 0.3) is 0 Å². The topological polar surface area (TPSA) is 77.0 Å². The first-order valence-corrected chi connectivity index (χ1v) is 9.79. The molecular formula is C23H26N2O4. The molecule has 0 bridgehead atoms. The van der Waals surface area contributed by atoms with E-state index in [4.69, 9.17) is 9.47 Å². The summed E-state index contributed by atoms with van der Waals surface area (Å²) in [6, 6.07) is 14.6. The van der Waals surface area contributed by atoms with E-state index in [0.717, 1.165) is 35.6 Å². The van der Waals surface area contributed by atoms with Gasteiger partial charge in [-0.05, 0) is 79.8 Å². The van der Waals surface area contributed by atoms with Crippen molar-refractivity contribution in [1.82, 2.24) is 5.43 Å². The van der Waals surface area contributed by atoms with Gasteiger partial charge in [-0.2, -0.15) is 5.10 Å². The fraction of sp³-hybridized carbons (Fsp3) is 0.348. The average molecular weight is 394 g/mol. The maximum absolute atomic E-state index is 12.4. The van der Waals surface area contributed by atoms with E-state index in [1.165, 1.54) is 0 Å². The van der Waals surface area contributed by atoms with Crippen molar-refractivity contribution >= 4 is 17.4 Å². The van der Waals surface area contributed by atoms with Crippen molar-refractivity contribution in [3.8, 4) is 11.5 Å². The lowest BCUT2D eigenvalue weighted by atomic mass is 10.0. The van der Waals surface area contributed by atoms with Crippen molar-refractivity contribution in [1.29, 1.82) is 0 Å². The Morgan fingerprint density at radius 3 is 1.97 bits per heavy atom. The fourth-order valence-electron chi connectivity index (χ4n) is 2.95. The van der Waals surface area contributed by atoms with E-state index in [-0.39, 0.29) is 17.6 Å². The van der Waals surface area contributed by atoms with Gasteiger partial charge in [0.2, 0.25) is 5.91 Å². The van der Waals surface area contributed by atoms with E-state index in [2.05, 4.69) is 10.5 Å². The summed E-state index contributed by atoms with van der Waals surface area (Å²) in [5, 5.41) is 4.35. The molecule has 0 saturated heterocycles. The van der Waals surface area contributed by atoms with Gasteiger partial charge in [-0.3, -0.25) is 9.59 Å². The molecule has 152 valence electrons. The molecule has 0 radical (unpaired) electrons. The third-order valence-electron chi connectivity index (χ3n) is 4.90. The standard InChI is InChI=1S/C23H26N2O4/c1-28-19-12-8-16(9-13-19)21(24-25-23(27)18-6-7-18)4-3-5-22(26)17-10-14-20(29-2)15-11-17/h8-15,18H,3-7H2,1-2H3,(H,25,27)/b24-21+. The van der Waals surface area contributed by atoms with Crippen LogP contribution in [0.5, 0.6) is 11.5 Å². The number of methoxy groups -OCH3 is 2. The van der Waals surface area contributed by atoms with Crippen LogP contribution in [0.3, 0.4) is 0 Å². The number of benzene rings is 2. The molecule has 0 unspecified atom stereocenters. The smallest absolute Gasteiger partial charge is 0.243 e. The number of amides is 1. The van der Waals surface area contributed by atoms with Crippen LogP contribution in [-0.4, -0.2) is 31.6 Å². The van der Waals surface area contributed by atoms with Crippen molar-refractivity contribution in [2.75, 3.05) is 14.2 Å². The molecule has 0 aliphatic heterocycles. The Balaban J connectivity index is 1.62.